The molecule has 1 aliphatic carbocycles. The average molecular weight is 510 g/mol. The van der Waals surface area contributed by atoms with E-state index in [0.717, 1.165) is 77.0 Å². The second-order valence-corrected chi connectivity index (χ2v) is 11.2. The van der Waals surface area contributed by atoms with Crippen LogP contribution >= 0.6 is 0 Å². The third kappa shape index (κ3) is 15.2. The van der Waals surface area contributed by atoms with Gasteiger partial charge in [-0.05, 0) is 44.9 Å². The van der Waals surface area contributed by atoms with Crippen molar-refractivity contribution in [1.29, 1.82) is 0 Å². The van der Waals surface area contributed by atoms with E-state index in [1.807, 2.05) is 0 Å². The summed E-state index contributed by atoms with van der Waals surface area (Å²) in [7, 11) is 0. The van der Waals surface area contributed by atoms with Crippen LogP contribution in [0.15, 0.2) is 0 Å². The maximum atomic E-state index is 13.1. The first-order valence-corrected chi connectivity index (χ1v) is 15.7. The number of aliphatic hydroxyl groups is 1. The highest BCUT2D eigenvalue weighted by Crippen LogP contribution is 2.30. The van der Waals surface area contributed by atoms with E-state index in [0.29, 0.717) is 6.61 Å². The average Bonchev–Trinajstić information content (AvgIpc) is 2.89. The SMILES string of the molecule is CCCCCCCOC(=O)C1CCC(C(=O)NC(CCCCCCC)C(O)CCCCCCC)CC1. The number of ether oxygens (including phenoxy) is 1. The number of carbonyl (C=O) groups excluding carboxylic acids is 2. The molecule has 0 spiro atoms. The number of hydrogen-bond donors (Lipinski definition) is 2. The summed E-state index contributed by atoms with van der Waals surface area (Å²) in [5.41, 5.74) is 0. The van der Waals surface area contributed by atoms with E-state index >= 15 is 0 Å². The Kier molecular flexibility index (Phi) is 20.1. The Morgan fingerprint density at radius 2 is 1.17 bits per heavy atom. The third-order valence-corrected chi connectivity index (χ3v) is 7.94. The minimum atomic E-state index is -0.467. The molecule has 212 valence electrons. The first-order chi connectivity index (χ1) is 17.5. The summed E-state index contributed by atoms with van der Waals surface area (Å²) < 4.78 is 5.52. The number of nitrogens with one attached hydrogen (secondary N) is 1. The van der Waals surface area contributed by atoms with Crippen molar-refractivity contribution in [3.8, 4) is 0 Å². The summed E-state index contributed by atoms with van der Waals surface area (Å²) in [4.78, 5) is 25.5. The fourth-order valence-electron chi connectivity index (χ4n) is 5.37. The Bertz CT molecular complexity index is 545. The van der Waals surface area contributed by atoms with Gasteiger partial charge in [0.25, 0.3) is 0 Å². The van der Waals surface area contributed by atoms with Gasteiger partial charge in [-0.15, -0.1) is 0 Å². The summed E-state index contributed by atoms with van der Waals surface area (Å²) in [6.45, 7) is 7.15. The van der Waals surface area contributed by atoms with Gasteiger partial charge in [0.05, 0.1) is 24.7 Å². The van der Waals surface area contributed by atoms with E-state index in [9.17, 15) is 14.7 Å². The molecule has 0 heterocycles. The zero-order valence-electron chi connectivity index (χ0n) is 24.0. The van der Waals surface area contributed by atoms with Crippen molar-refractivity contribution in [2.75, 3.05) is 6.61 Å². The summed E-state index contributed by atoms with van der Waals surface area (Å²) in [6, 6.07) is -0.152. The molecule has 1 amide bonds. The van der Waals surface area contributed by atoms with E-state index < -0.39 is 6.10 Å². The fourth-order valence-corrected chi connectivity index (χ4v) is 5.37. The van der Waals surface area contributed by atoms with Gasteiger partial charge in [-0.2, -0.15) is 0 Å². The molecule has 0 aromatic carbocycles. The first kappa shape index (κ1) is 32.9. The lowest BCUT2D eigenvalue weighted by Gasteiger charge is -2.30. The van der Waals surface area contributed by atoms with Crippen molar-refractivity contribution in [3.05, 3.63) is 0 Å². The molecule has 1 fully saturated rings. The predicted molar refractivity (Wildman–Crippen MR) is 150 cm³/mol. The van der Waals surface area contributed by atoms with Crippen molar-refractivity contribution in [2.45, 2.75) is 168 Å². The highest BCUT2D eigenvalue weighted by atomic mass is 16.5. The Labute approximate surface area is 222 Å². The summed E-state index contributed by atoms with van der Waals surface area (Å²) in [5, 5.41) is 14.1. The Morgan fingerprint density at radius 1 is 0.694 bits per heavy atom. The minimum absolute atomic E-state index is 0.0533. The van der Waals surface area contributed by atoms with Crippen molar-refractivity contribution >= 4 is 11.9 Å². The number of aliphatic hydroxyl groups excluding tert-OH is 1. The molecule has 1 saturated carbocycles. The van der Waals surface area contributed by atoms with Gasteiger partial charge in [-0.3, -0.25) is 9.59 Å². The summed E-state index contributed by atoms with van der Waals surface area (Å²) >= 11 is 0. The first-order valence-electron chi connectivity index (χ1n) is 15.7. The quantitative estimate of drug-likeness (QED) is 0.115. The van der Waals surface area contributed by atoms with Crippen LogP contribution in [0.3, 0.4) is 0 Å². The molecule has 0 bridgehead atoms. The van der Waals surface area contributed by atoms with E-state index in [4.69, 9.17) is 4.74 Å². The van der Waals surface area contributed by atoms with Crippen molar-refractivity contribution in [2.24, 2.45) is 11.8 Å². The number of rotatable bonds is 22. The van der Waals surface area contributed by atoms with Crippen LogP contribution in [-0.2, 0) is 14.3 Å². The van der Waals surface area contributed by atoms with Crippen LogP contribution < -0.4 is 5.32 Å². The molecular weight excluding hydrogens is 450 g/mol. The molecule has 0 radical (unpaired) electrons. The molecule has 0 aromatic rings. The van der Waals surface area contributed by atoms with Crippen molar-refractivity contribution in [3.63, 3.8) is 0 Å². The smallest absolute Gasteiger partial charge is 0.308 e. The molecule has 5 nitrogen and oxygen atoms in total. The minimum Gasteiger partial charge on any atom is -0.465 e. The molecule has 36 heavy (non-hydrogen) atoms. The second-order valence-electron chi connectivity index (χ2n) is 11.2. The van der Waals surface area contributed by atoms with Gasteiger partial charge in [-0.25, -0.2) is 0 Å². The lowest BCUT2D eigenvalue weighted by molar-refractivity contribution is -0.150. The van der Waals surface area contributed by atoms with Crippen LogP contribution in [0.25, 0.3) is 0 Å². The fraction of sp³-hybridized carbons (Fsp3) is 0.935. The van der Waals surface area contributed by atoms with Crippen LogP contribution in [-0.4, -0.2) is 35.7 Å². The van der Waals surface area contributed by atoms with Gasteiger partial charge in [0, 0.05) is 5.92 Å². The molecule has 2 N–H and O–H groups in total. The van der Waals surface area contributed by atoms with E-state index in [1.165, 1.54) is 57.8 Å². The van der Waals surface area contributed by atoms with Gasteiger partial charge in [-0.1, -0.05) is 111 Å². The highest BCUT2D eigenvalue weighted by molar-refractivity contribution is 5.79. The topological polar surface area (TPSA) is 75.6 Å². The maximum Gasteiger partial charge on any atom is 0.308 e. The summed E-state index contributed by atoms with van der Waals surface area (Å²) in [6.07, 6.45) is 21.6. The van der Waals surface area contributed by atoms with E-state index in [1.54, 1.807) is 0 Å². The van der Waals surface area contributed by atoms with Crippen LogP contribution in [0, 0.1) is 11.8 Å². The molecule has 0 saturated heterocycles. The van der Waals surface area contributed by atoms with Crippen molar-refractivity contribution in [1.82, 2.24) is 5.32 Å². The molecule has 1 rings (SSSR count). The number of amides is 1. The standard InChI is InChI=1S/C31H59NO4/c1-4-7-10-13-16-19-28(29(33)20-17-14-11-8-5-2)32-30(34)26-21-23-27(24-22-26)31(35)36-25-18-15-12-9-6-3/h26-29,33H,4-25H2,1-3H3,(H,32,34). The van der Waals surface area contributed by atoms with E-state index in [2.05, 4.69) is 26.1 Å². The van der Waals surface area contributed by atoms with Crippen molar-refractivity contribution < 1.29 is 19.4 Å². The van der Waals surface area contributed by atoms with Gasteiger partial charge in [0.1, 0.15) is 0 Å². The predicted octanol–water partition coefficient (Wildman–Crippen LogP) is 7.87. The molecule has 1 aliphatic rings. The number of hydrogen-bond acceptors (Lipinski definition) is 4. The van der Waals surface area contributed by atoms with Crippen LogP contribution in [0.4, 0.5) is 0 Å². The van der Waals surface area contributed by atoms with Gasteiger partial charge in [0.15, 0.2) is 0 Å². The number of unbranched alkanes of at least 4 members (excludes halogenated alkanes) is 12. The van der Waals surface area contributed by atoms with Crippen LogP contribution in [0.5, 0.6) is 0 Å². The third-order valence-electron chi connectivity index (χ3n) is 7.94. The normalized spacial score (nSPS) is 19.6. The molecule has 0 aromatic heterocycles. The molecule has 0 aliphatic heterocycles. The second kappa shape index (κ2) is 21.9. The lowest BCUT2D eigenvalue weighted by Crippen LogP contribution is -2.46. The number of esters is 1. The largest absolute Gasteiger partial charge is 0.465 e. The maximum absolute atomic E-state index is 13.1. The molecule has 2 unspecified atom stereocenters. The zero-order valence-corrected chi connectivity index (χ0v) is 24.0. The van der Waals surface area contributed by atoms with Gasteiger partial charge < -0.3 is 15.2 Å². The lowest BCUT2D eigenvalue weighted by atomic mass is 9.81. The Balaban J connectivity index is 2.42. The van der Waals surface area contributed by atoms with Crippen LogP contribution in [0.1, 0.15) is 156 Å². The molecule has 5 heteroatoms. The number of carbonyl (C=O) groups is 2. The van der Waals surface area contributed by atoms with Crippen LogP contribution in [0.2, 0.25) is 0 Å². The monoisotopic (exact) mass is 509 g/mol. The highest BCUT2D eigenvalue weighted by Gasteiger charge is 2.32. The van der Waals surface area contributed by atoms with Gasteiger partial charge in [0.2, 0.25) is 5.91 Å². The summed E-state index contributed by atoms with van der Waals surface area (Å²) in [5.74, 6) is -0.121. The zero-order chi connectivity index (χ0) is 26.4. The molecule has 2 atom stereocenters. The Hall–Kier alpha value is -1.10. The molecular formula is C31H59NO4. The van der Waals surface area contributed by atoms with Gasteiger partial charge >= 0.3 is 5.97 Å². The van der Waals surface area contributed by atoms with E-state index in [-0.39, 0.29) is 29.8 Å². The Morgan fingerprint density at radius 3 is 1.72 bits per heavy atom.